The molecule has 0 aromatic heterocycles. The summed E-state index contributed by atoms with van der Waals surface area (Å²) in [4.78, 5) is 11.8. The molecule has 3 heteroatoms. The van der Waals surface area contributed by atoms with Crippen LogP contribution >= 0.6 is 0 Å². The summed E-state index contributed by atoms with van der Waals surface area (Å²) in [5.41, 5.74) is 0.848. The summed E-state index contributed by atoms with van der Waals surface area (Å²) >= 11 is 0. The first-order valence-electron chi connectivity index (χ1n) is 6.22. The van der Waals surface area contributed by atoms with Gasteiger partial charge in [-0.15, -0.1) is 0 Å². The Morgan fingerprint density at radius 3 is 2.88 bits per heavy atom. The molecule has 2 atom stereocenters. The van der Waals surface area contributed by atoms with Crippen molar-refractivity contribution in [2.75, 3.05) is 11.9 Å². The fraction of sp³-hybridized carbons (Fsp3) is 0.500. The summed E-state index contributed by atoms with van der Waals surface area (Å²) in [7, 11) is 0. The second-order valence-electron chi connectivity index (χ2n) is 4.65. The molecule has 0 aliphatic carbocycles. The van der Waals surface area contributed by atoms with Crippen molar-refractivity contribution in [3.8, 4) is 0 Å². The van der Waals surface area contributed by atoms with Crippen LogP contribution < -0.4 is 5.32 Å². The van der Waals surface area contributed by atoms with Gasteiger partial charge in [0.15, 0.2) is 0 Å². The fourth-order valence-electron chi connectivity index (χ4n) is 2.17. The standard InChI is InChI=1S/C14H19NO2/c1-11-6-5-9-17-13(11)10-14(16)15-12-7-3-2-4-8-12/h2-4,7-8,11,13H,5-6,9-10H2,1H3,(H,15,16)/t11-,13?/m0/s1. The van der Waals surface area contributed by atoms with E-state index in [1.807, 2.05) is 30.3 Å². The van der Waals surface area contributed by atoms with Crippen molar-refractivity contribution < 1.29 is 9.53 Å². The largest absolute Gasteiger partial charge is 0.377 e. The van der Waals surface area contributed by atoms with Crippen LogP contribution in [0.1, 0.15) is 26.2 Å². The van der Waals surface area contributed by atoms with Crippen LogP contribution in [0.2, 0.25) is 0 Å². The van der Waals surface area contributed by atoms with Gasteiger partial charge < -0.3 is 10.1 Å². The van der Waals surface area contributed by atoms with Gasteiger partial charge in [0, 0.05) is 12.3 Å². The predicted octanol–water partition coefficient (Wildman–Crippen LogP) is 2.83. The molecule has 1 aromatic rings. The monoisotopic (exact) mass is 233 g/mol. The lowest BCUT2D eigenvalue weighted by Crippen LogP contribution is -2.31. The van der Waals surface area contributed by atoms with Crippen molar-refractivity contribution in [1.29, 1.82) is 0 Å². The Hall–Kier alpha value is -1.35. The zero-order valence-corrected chi connectivity index (χ0v) is 10.2. The molecule has 3 nitrogen and oxygen atoms in total. The summed E-state index contributed by atoms with van der Waals surface area (Å²) in [5, 5.41) is 2.89. The number of para-hydroxylation sites is 1. The number of carbonyl (C=O) groups excluding carboxylic acids is 1. The number of anilines is 1. The minimum atomic E-state index is 0.0370. The average molecular weight is 233 g/mol. The van der Waals surface area contributed by atoms with Crippen LogP contribution in [0.3, 0.4) is 0 Å². The van der Waals surface area contributed by atoms with Gasteiger partial charge in [0.1, 0.15) is 0 Å². The summed E-state index contributed by atoms with van der Waals surface area (Å²) in [6.07, 6.45) is 2.80. The third-order valence-electron chi connectivity index (χ3n) is 3.21. The number of nitrogens with one attached hydrogen (secondary N) is 1. The van der Waals surface area contributed by atoms with E-state index in [-0.39, 0.29) is 12.0 Å². The zero-order chi connectivity index (χ0) is 12.1. The number of rotatable bonds is 3. The molecule has 1 fully saturated rings. The first-order valence-corrected chi connectivity index (χ1v) is 6.22. The Bertz CT molecular complexity index is 364. The molecule has 1 N–H and O–H groups in total. The molecule has 1 aromatic carbocycles. The Labute approximate surface area is 102 Å². The smallest absolute Gasteiger partial charge is 0.226 e. The summed E-state index contributed by atoms with van der Waals surface area (Å²) in [5.74, 6) is 0.514. The van der Waals surface area contributed by atoms with Crippen LogP contribution in [-0.4, -0.2) is 18.6 Å². The Balaban J connectivity index is 1.84. The Kier molecular flexibility index (Phi) is 4.15. The first-order chi connectivity index (χ1) is 8.25. The molecule has 0 radical (unpaired) electrons. The minimum absolute atomic E-state index is 0.0370. The third-order valence-corrected chi connectivity index (χ3v) is 3.21. The molecule has 1 unspecified atom stereocenters. The number of hydrogen-bond acceptors (Lipinski definition) is 2. The van der Waals surface area contributed by atoms with Crippen LogP contribution in [0.25, 0.3) is 0 Å². The van der Waals surface area contributed by atoms with Crippen LogP contribution in [0, 0.1) is 5.92 Å². The highest BCUT2D eigenvalue weighted by molar-refractivity contribution is 5.90. The molecule has 92 valence electrons. The van der Waals surface area contributed by atoms with Gasteiger partial charge in [-0.05, 0) is 30.9 Å². The van der Waals surface area contributed by atoms with Crippen LogP contribution in [0.5, 0.6) is 0 Å². The van der Waals surface area contributed by atoms with Crippen molar-refractivity contribution in [3.05, 3.63) is 30.3 Å². The van der Waals surface area contributed by atoms with Gasteiger partial charge in [0.25, 0.3) is 0 Å². The lowest BCUT2D eigenvalue weighted by molar-refractivity contribution is -0.121. The van der Waals surface area contributed by atoms with Crippen LogP contribution in [-0.2, 0) is 9.53 Å². The van der Waals surface area contributed by atoms with Gasteiger partial charge in [-0.25, -0.2) is 0 Å². The van der Waals surface area contributed by atoms with E-state index in [2.05, 4.69) is 12.2 Å². The third kappa shape index (κ3) is 3.56. The molecule has 17 heavy (non-hydrogen) atoms. The lowest BCUT2D eigenvalue weighted by atomic mass is 9.94. The first kappa shape index (κ1) is 12.1. The molecular formula is C14H19NO2. The average Bonchev–Trinajstić information content (AvgIpc) is 2.33. The maximum Gasteiger partial charge on any atom is 0.226 e. The van der Waals surface area contributed by atoms with Crippen LogP contribution in [0.15, 0.2) is 30.3 Å². The predicted molar refractivity (Wildman–Crippen MR) is 67.8 cm³/mol. The Morgan fingerprint density at radius 2 is 2.18 bits per heavy atom. The number of benzene rings is 1. The van der Waals surface area contributed by atoms with Gasteiger partial charge in [0.05, 0.1) is 12.5 Å². The molecular weight excluding hydrogens is 214 g/mol. The maximum absolute atomic E-state index is 11.8. The molecule has 0 saturated carbocycles. The molecule has 1 amide bonds. The van der Waals surface area contributed by atoms with Crippen molar-refractivity contribution in [1.82, 2.24) is 0 Å². The lowest BCUT2D eigenvalue weighted by Gasteiger charge is -2.28. The maximum atomic E-state index is 11.8. The number of carbonyl (C=O) groups is 1. The van der Waals surface area contributed by atoms with E-state index in [0.717, 1.165) is 25.1 Å². The molecule has 0 spiro atoms. The topological polar surface area (TPSA) is 38.3 Å². The zero-order valence-electron chi connectivity index (χ0n) is 10.2. The normalized spacial score (nSPS) is 24.3. The van der Waals surface area contributed by atoms with E-state index < -0.39 is 0 Å². The van der Waals surface area contributed by atoms with E-state index in [9.17, 15) is 4.79 Å². The molecule has 1 aliphatic heterocycles. The second-order valence-corrected chi connectivity index (χ2v) is 4.65. The van der Waals surface area contributed by atoms with E-state index in [4.69, 9.17) is 4.74 Å². The summed E-state index contributed by atoms with van der Waals surface area (Å²) in [6, 6.07) is 9.54. The van der Waals surface area contributed by atoms with Crippen molar-refractivity contribution >= 4 is 11.6 Å². The molecule has 1 saturated heterocycles. The van der Waals surface area contributed by atoms with Gasteiger partial charge in [-0.3, -0.25) is 4.79 Å². The van der Waals surface area contributed by atoms with Gasteiger partial charge in [-0.1, -0.05) is 25.1 Å². The molecule has 1 aliphatic rings. The Morgan fingerprint density at radius 1 is 1.41 bits per heavy atom. The van der Waals surface area contributed by atoms with Gasteiger partial charge >= 0.3 is 0 Å². The van der Waals surface area contributed by atoms with Crippen molar-refractivity contribution in [2.24, 2.45) is 5.92 Å². The highest BCUT2D eigenvalue weighted by Gasteiger charge is 2.24. The number of ether oxygens (including phenoxy) is 1. The SMILES string of the molecule is C[C@H]1CCCOC1CC(=O)Nc1ccccc1. The molecule has 1 heterocycles. The highest BCUT2D eigenvalue weighted by atomic mass is 16.5. The summed E-state index contributed by atoms with van der Waals surface area (Å²) < 4.78 is 5.64. The van der Waals surface area contributed by atoms with E-state index in [1.54, 1.807) is 0 Å². The van der Waals surface area contributed by atoms with Crippen LogP contribution in [0.4, 0.5) is 5.69 Å². The quantitative estimate of drug-likeness (QED) is 0.871. The number of amides is 1. The van der Waals surface area contributed by atoms with Gasteiger partial charge in [-0.2, -0.15) is 0 Å². The number of hydrogen-bond donors (Lipinski definition) is 1. The highest BCUT2D eigenvalue weighted by Crippen LogP contribution is 2.22. The van der Waals surface area contributed by atoms with Crippen molar-refractivity contribution in [3.63, 3.8) is 0 Å². The van der Waals surface area contributed by atoms with E-state index >= 15 is 0 Å². The second kappa shape index (κ2) is 5.82. The summed E-state index contributed by atoms with van der Waals surface area (Å²) in [6.45, 7) is 2.94. The van der Waals surface area contributed by atoms with Crippen molar-refractivity contribution in [2.45, 2.75) is 32.3 Å². The fourth-order valence-corrected chi connectivity index (χ4v) is 2.17. The minimum Gasteiger partial charge on any atom is -0.377 e. The molecule has 2 rings (SSSR count). The van der Waals surface area contributed by atoms with Gasteiger partial charge in [0.2, 0.25) is 5.91 Å². The van der Waals surface area contributed by atoms with E-state index in [1.165, 1.54) is 0 Å². The van der Waals surface area contributed by atoms with E-state index in [0.29, 0.717) is 12.3 Å². The molecule has 0 bridgehead atoms.